The Morgan fingerprint density at radius 2 is 1.93 bits per heavy atom. The number of nitrogens with one attached hydrogen (secondary N) is 1. The van der Waals surface area contributed by atoms with Gasteiger partial charge in [-0.25, -0.2) is 4.79 Å². The highest BCUT2D eigenvalue weighted by Gasteiger charge is 2.33. The highest BCUT2D eigenvalue weighted by molar-refractivity contribution is 6.20. The minimum atomic E-state index is -0.876. The molecule has 0 amide bonds. The first kappa shape index (κ1) is 19.4. The van der Waals surface area contributed by atoms with Gasteiger partial charge in [-0.1, -0.05) is 18.2 Å². The van der Waals surface area contributed by atoms with Gasteiger partial charge in [0.2, 0.25) is 17.4 Å². The summed E-state index contributed by atoms with van der Waals surface area (Å²) in [7, 11) is 0. The van der Waals surface area contributed by atoms with Crippen molar-refractivity contribution in [3.8, 4) is 0 Å². The molecular weight excluding hydrogens is 360 g/mol. The highest BCUT2D eigenvalue weighted by Crippen LogP contribution is 2.21. The van der Waals surface area contributed by atoms with Crippen LogP contribution in [0.4, 0.5) is 5.69 Å². The molecule has 0 aliphatic carbocycles. The van der Waals surface area contributed by atoms with E-state index in [-0.39, 0.29) is 23.8 Å². The molecule has 1 N–H and O–H groups in total. The summed E-state index contributed by atoms with van der Waals surface area (Å²) in [4.78, 5) is 37.0. The summed E-state index contributed by atoms with van der Waals surface area (Å²) in [5, 5.41) is 2.90. The maximum absolute atomic E-state index is 12.5. The summed E-state index contributed by atoms with van der Waals surface area (Å²) >= 11 is 0. The minimum Gasteiger partial charge on any atom is -0.470 e. The number of rotatable bonds is 7. The normalized spacial score (nSPS) is 13.5. The molecular formula is C21H22N2O5. The number of carbonyl (C=O) groups is 3. The second-order valence-electron chi connectivity index (χ2n) is 6.44. The van der Waals surface area contributed by atoms with Gasteiger partial charge < -0.3 is 19.4 Å². The summed E-state index contributed by atoms with van der Waals surface area (Å²) in [6.45, 7) is 5.82. The van der Waals surface area contributed by atoms with Crippen molar-refractivity contribution in [2.75, 3.05) is 18.5 Å². The fourth-order valence-corrected chi connectivity index (χ4v) is 3.22. The molecule has 7 heteroatoms. The molecule has 28 heavy (non-hydrogen) atoms. The quantitative estimate of drug-likeness (QED) is 0.450. The number of hydrogen-bond acceptors (Lipinski definition) is 6. The number of esters is 1. The molecule has 1 aliphatic rings. The molecule has 0 saturated heterocycles. The molecule has 0 unspecified atom stereocenters. The SMILES string of the molecule is CCn1c(C)cc(C(=O)COC(=O)C2=C(Nc3ccccc3)OCC2=O)c1C. The Balaban J connectivity index is 1.71. The Morgan fingerprint density at radius 3 is 2.57 bits per heavy atom. The van der Waals surface area contributed by atoms with Crippen LogP contribution < -0.4 is 5.32 Å². The Hall–Kier alpha value is -3.35. The Kier molecular flexibility index (Phi) is 5.63. The van der Waals surface area contributed by atoms with E-state index in [0.29, 0.717) is 11.3 Å². The predicted octanol–water partition coefficient (Wildman–Crippen LogP) is 2.77. The molecule has 0 fully saturated rings. The lowest BCUT2D eigenvalue weighted by molar-refractivity contribution is -0.139. The van der Waals surface area contributed by atoms with Crippen molar-refractivity contribution in [2.24, 2.45) is 0 Å². The number of carbonyl (C=O) groups excluding carboxylic acids is 3. The van der Waals surface area contributed by atoms with Crippen LogP contribution in [0.5, 0.6) is 0 Å². The summed E-state index contributed by atoms with van der Waals surface area (Å²) in [6, 6.07) is 10.8. The van der Waals surface area contributed by atoms with Gasteiger partial charge in [-0.15, -0.1) is 0 Å². The van der Waals surface area contributed by atoms with E-state index < -0.39 is 18.4 Å². The molecule has 2 heterocycles. The van der Waals surface area contributed by atoms with Crippen LogP contribution in [0.15, 0.2) is 47.9 Å². The highest BCUT2D eigenvalue weighted by atomic mass is 16.5. The van der Waals surface area contributed by atoms with Gasteiger partial charge in [-0.3, -0.25) is 9.59 Å². The topological polar surface area (TPSA) is 86.6 Å². The van der Waals surface area contributed by atoms with Crippen LogP contribution in [0.1, 0.15) is 28.7 Å². The summed E-state index contributed by atoms with van der Waals surface area (Å²) in [5.41, 5.74) is 2.76. The Bertz CT molecular complexity index is 957. The van der Waals surface area contributed by atoms with Crippen molar-refractivity contribution in [1.82, 2.24) is 4.57 Å². The summed E-state index contributed by atoms with van der Waals surface area (Å²) in [6.07, 6.45) is 0. The lowest BCUT2D eigenvalue weighted by Gasteiger charge is -2.09. The number of anilines is 1. The van der Waals surface area contributed by atoms with Gasteiger partial charge in [0.25, 0.3) is 0 Å². The number of aryl methyl sites for hydroxylation is 1. The van der Waals surface area contributed by atoms with E-state index in [4.69, 9.17) is 9.47 Å². The first-order valence-corrected chi connectivity index (χ1v) is 9.01. The maximum atomic E-state index is 12.5. The zero-order chi connectivity index (χ0) is 20.3. The standard InChI is InChI=1S/C21H22N2O5/c1-4-23-13(2)10-16(14(23)3)17(24)11-28-21(26)19-18(25)12-27-20(19)22-15-8-6-5-7-9-15/h5-10,22H,4,11-12H2,1-3H3. The van der Waals surface area contributed by atoms with Crippen LogP contribution in [-0.4, -0.2) is 35.3 Å². The molecule has 1 aromatic heterocycles. The molecule has 146 valence electrons. The predicted molar refractivity (Wildman–Crippen MR) is 103 cm³/mol. The molecule has 3 rings (SSSR count). The van der Waals surface area contributed by atoms with E-state index in [9.17, 15) is 14.4 Å². The van der Waals surface area contributed by atoms with E-state index in [2.05, 4.69) is 5.32 Å². The van der Waals surface area contributed by atoms with Crippen molar-refractivity contribution >= 4 is 23.2 Å². The van der Waals surface area contributed by atoms with Crippen LogP contribution in [0.25, 0.3) is 0 Å². The number of aromatic nitrogens is 1. The molecule has 0 bridgehead atoms. The van der Waals surface area contributed by atoms with Gasteiger partial charge in [0, 0.05) is 29.2 Å². The molecule has 2 aromatic rings. The van der Waals surface area contributed by atoms with E-state index in [1.54, 1.807) is 18.2 Å². The second-order valence-corrected chi connectivity index (χ2v) is 6.44. The van der Waals surface area contributed by atoms with Crippen molar-refractivity contribution in [3.05, 3.63) is 64.8 Å². The van der Waals surface area contributed by atoms with Crippen LogP contribution in [0, 0.1) is 13.8 Å². The lowest BCUT2D eigenvalue weighted by atomic mass is 10.1. The molecule has 0 spiro atoms. The lowest BCUT2D eigenvalue weighted by Crippen LogP contribution is -2.20. The zero-order valence-corrected chi connectivity index (χ0v) is 16.1. The number of ketones is 2. The van der Waals surface area contributed by atoms with Gasteiger partial charge >= 0.3 is 5.97 Å². The summed E-state index contributed by atoms with van der Waals surface area (Å²) < 4.78 is 12.4. The molecule has 7 nitrogen and oxygen atoms in total. The van der Waals surface area contributed by atoms with E-state index >= 15 is 0 Å². The summed E-state index contributed by atoms with van der Waals surface area (Å²) in [5.74, 6) is -1.64. The van der Waals surface area contributed by atoms with Crippen LogP contribution >= 0.6 is 0 Å². The Morgan fingerprint density at radius 1 is 1.21 bits per heavy atom. The molecule has 0 atom stereocenters. The maximum Gasteiger partial charge on any atom is 0.347 e. The van der Waals surface area contributed by atoms with Gasteiger partial charge in [0.1, 0.15) is 0 Å². The number of Topliss-reactive ketones (excluding diaryl/α,β-unsaturated/α-hetero) is 2. The van der Waals surface area contributed by atoms with Gasteiger partial charge in [-0.2, -0.15) is 0 Å². The Labute approximate surface area is 162 Å². The molecule has 0 saturated carbocycles. The van der Waals surface area contributed by atoms with Crippen molar-refractivity contribution < 1.29 is 23.9 Å². The number of hydrogen-bond donors (Lipinski definition) is 1. The monoisotopic (exact) mass is 382 g/mol. The third-order valence-electron chi connectivity index (χ3n) is 4.61. The van der Waals surface area contributed by atoms with Gasteiger partial charge in [0.05, 0.1) is 0 Å². The van der Waals surface area contributed by atoms with Crippen molar-refractivity contribution in [2.45, 2.75) is 27.3 Å². The van der Waals surface area contributed by atoms with E-state index in [0.717, 1.165) is 17.9 Å². The fourth-order valence-electron chi connectivity index (χ4n) is 3.22. The fraction of sp³-hybridized carbons (Fsp3) is 0.286. The van der Waals surface area contributed by atoms with Crippen LogP contribution in [-0.2, 0) is 25.6 Å². The van der Waals surface area contributed by atoms with Crippen LogP contribution in [0.2, 0.25) is 0 Å². The third-order valence-corrected chi connectivity index (χ3v) is 4.61. The van der Waals surface area contributed by atoms with Crippen molar-refractivity contribution in [3.63, 3.8) is 0 Å². The number of ether oxygens (including phenoxy) is 2. The van der Waals surface area contributed by atoms with Crippen molar-refractivity contribution in [1.29, 1.82) is 0 Å². The van der Waals surface area contributed by atoms with E-state index in [1.165, 1.54) is 0 Å². The number of benzene rings is 1. The largest absolute Gasteiger partial charge is 0.470 e. The third kappa shape index (κ3) is 3.83. The molecule has 0 radical (unpaired) electrons. The smallest absolute Gasteiger partial charge is 0.347 e. The average Bonchev–Trinajstić information content (AvgIpc) is 3.19. The van der Waals surface area contributed by atoms with Gasteiger partial charge in [-0.05, 0) is 39.0 Å². The van der Waals surface area contributed by atoms with Gasteiger partial charge in [0.15, 0.2) is 18.8 Å². The zero-order valence-electron chi connectivity index (χ0n) is 16.1. The second kappa shape index (κ2) is 8.12. The number of para-hydroxylation sites is 1. The molecule has 1 aromatic carbocycles. The first-order chi connectivity index (χ1) is 13.4. The average molecular weight is 382 g/mol. The van der Waals surface area contributed by atoms with Crippen LogP contribution in [0.3, 0.4) is 0 Å². The first-order valence-electron chi connectivity index (χ1n) is 9.01. The molecule has 1 aliphatic heterocycles. The van der Waals surface area contributed by atoms with E-state index in [1.807, 2.05) is 43.5 Å². The minimum absolute atomic E-state index is 0.0396. The number of nitrogens with zero attached hydrogens (tertiary/aromatic N) is 1.